The highest BCUT2D eigenvalue weighted by Gasteiger charge is 2.27. The fourth-order valence-corrected chi connectivity index (χ4v) is 3.47. The zero-order chi connectivity index (χ0) is 18.1. The summed E-state index contributed by atoms with van der Waals surface area (Å²) in [5, 5.41) is 0. The molecule has 24 heavy (non-hydrogen) atoms. The van der Waals surface area contributed by atoms with E-state index < -0.39 is 0 Å². The van der Waals surface area contributed by atoms with Gasteiger partial charge >= 0.3 is 5.97 Å². The molecular formula is C19H28N2O2S. The fraction of sp³-hybridized carbons (Fsp3) is 0.421. The van der Waals surface area contributed by atoms with E-state index in [2.05, 4.69) is 25.6 Å². The van der Waals surface area contributed by atoms with E-state index in [4.69, 9.17) is 16.2 Å². The molecule has 2 unspecified atom stereocenters. The molecule has 0 aromatic heterocycles. The van der Waals surface area contributed by atoms with Crippen LogP contribution in [0.25, 0.3) is 5.57 Å². The molecular weight excluding hydrogens is 320 g/mol. The molecule has 132 valence electrons. The molecule has 1 aliphatic heterocycles. The molecule has 0 amide bonds. The van der Waals surface area contributed by atoms with E-state index in [1.54, 1.807) is 18.7 Å². The van der Waals surface area contributed by atoms with Crippen molar-refractivity contribution in [2.24, 2.45) is 23.3 Å². The van der Waals surface area contributed by atoms with Gasteiger partial charge in [0.25, 0.3) is 0 Å². The summed E-state index contributed by atoms with van der Waals surface area (Å²) in [7, 11) is 0. The highest BCUT2D eigenvalue weighted by atomic mass is 32.2. The quantitative estimate of drug-likeness (QED) is 0.630. The average Bonchev–Trinajstić information content (AvgIpc) is 3.04. The maximum atomic E-state index is 11.7. The highest BCUT2D eigenvalue weighted by Crippen LogP contribution is 2.38. The van der Waals surface area contributed by atoms with Crippen LogP contribution in [0.2, 0.25) is 0 Å². The molecule has 1 aliphatic rings. The van der Waals surface area contributed by atoms with Gasteiger partial charge in [0.05, 0.1) is 11.5 Å². The van der Waals surface area contributed by atoms with Crippen molar-refractivity contribution in [1.82, 2.24) is 0 Å². The highest BCUT2D eigenvalue weighted by molar-refractivity contribution is 8.04. The van der Waals surface area contributed by atoms with Crippen molar-refractivity contribution in [3.8, 4) is 0 Å². The van der Waals surface area contributed by atoms with Crippen LogP contribution in [-0.4, -0.2) is 24.5 Å². The summed E-state index contributed by atoms with van der Waals surface area (Å²) in [5.74, 6) is 1.38. The maximum absolute atomic E-state index is 11.7. The van der Waals surface area contributed by atoms with Gasteiger partial charge in [0.2, 0.25) is 0 Å². The van der Waals surface area contributed by atoms with Crippen molar-refractivity contribution in [2.75, 3.05) is 12.4 Å². The Hall–Kier alpha value is -1.56. The van der Waals surface area contributed by atoms with Crippen LogP contribution >= 0.6 is 11.8 Å². The maximum Gasteiger partial charge on any atom is 0.344 e. The first kappa shape index (κ1) is 20.5. The number of thioether (sulfide) groups is 1. The fourth-order valence-electron chi connectivity index (χ4n) is 2.27. The standard InChI is InChI=1S/C17H20O2S.C2H8N2/c1-4-19-17(18)16-10-15(11-20-16)13(3)12(2)14-8-6-5-7-9-14;1-2(3)4/h5-10,13,15H,2,4,11H2,1,3H3;2H,3-4H2,1H3. The number of nitrogens with two attached hydrogens (primary N) is 2. The van der Waals surface area contributed by atoms with E-state index in [0.717, 1.165) is 16.2 Å². The van der Waals surface area contributed by atoms with Gasteiger partial charge in [0.15, 0.2) is 0 Å². The van der Waals surface area contributed by atoms with Crippen LogP contribution in [0.4, 0.5) is 0 Å². The minimum Gasteiger partial charge on any atom is -0.462 e. The number of benzene rings is 1. The topological polar surface area (TPSA) is 78.3 Å². The molecule has 4 N–H and O–H groups in total. The van der Waals surface area contributed by atoms with E-state index in [1.807, 2.05) is 31.2 Å². The van der Waals surface area contributed by atoms with E-state index in [1.165, 1.54) is 5.56 Å². The number of esters is 1. The smallest absolute Gasteiger partial charge is 0.344 e. The molecule has 0 aliphatic carbocycles. The lowest BCUT2D eigenvalue weighted by Gasteiger charge is -2.19. The number of rotatable bonds is 5. The Bertz CT molecular complexity index is 567. The van der Waals surface area contributed by atoms with E-state index in [-0.39, 0.29) is 12.1 Å². The van der Waals surface area contributed by atoms with Crippen LogP contribution < -0.4 is 11.5 Å². The second-order valence-corrected chi connectivity index (χ2v) is 6.83. The predicted molar refractivity (Wildman–Crippen MR) is 103 cm³/mol. The molecule has 0 radical (unpaired) electrons. The van der Waals surface area contributed by atoms with Crippen LogP contribution in [0.1, 0.15) is 26.3 Å². The zero-order valence-corrected chi connectivity index (χ0v) is 15.5. The molecule has 0 bridgehead atoms. The van der Waals surface area contributed by atoms with Gasteiger partial charge in [-0.05, 0) is 36.8 Å². The first-order valence-electron chi connectivity index (χ1n) is 8.13. The van der Waals surface area contributed by atoms with Gasteiger partial charge in [0.1, 0.15) is 0 Å². The minimum absolute atomic E-state index is 0.167. The third kappa shape index (κ3) is 6.51. The Labute approximate surface area is 149 Å². The van der Waals surface area contributed by atoms with Crippen molar-refractivity contribution < 1.29 is 9.53 Å². The second-order valence-electron chi connectivity index (χ2n) is 5.77. The summed E-state index contributed by atoms with van der Waals surface area (Å²) in [4.78, 5) is 12.5. The van der Waals surface area contributed by atoms with Crippen molar-refractivity contribution in [1.29, 1.82) is 0 Å². The Morgan fingerprint density at radius 1 is 1.33 bits per heavy atom. The van der Waals surface area contributed by atoms with Gasteiger partial charge in [-0.25, -0.2) is 4.79 Å². The van der Waals surface area contributed by atoms with Crippen LogP contribution in [0, 0.1) is 11.8 Å². The third-order valence-electron chi connectivity index (χ3n) is 3.61. The minimum atomic E-state index is -0.197. The molecule has 4 nitrogen and oxygen atoms in total. The van der Waals surface area contributed by atoms with Gasteiger partial charge in [-0.2, -0.15) is 0 Å². The number of hydrogen-bond acceptors (Lipinski definition) is 5. The Balaban J connectivity index is 0.000000648. The van der Waals surface area contributed by atoms with E-state index in [0.29, 0.717) is 18.4 Å². The molecule has 0 fully saturated rings. The second kappa shape index (κ2) is 10.3. The SMILES string of the molecule is C=C(c1ccccc1)C(C)C1C=C(C(=O)OCC)SC1.CC(N)N. The van der Waals surface area contributed by atoms with Gasteiger partial charge in [-0.15, -0.1) is 11.8 Å². The number of carbonyl (C=O) groups excluding carboxylic acids is 1. The first-order chi connectivity index (χ1) is 11.4. The molecule has 2 atom stereocenters. The number of carbonyl (C=O) groups is 1. The van der Waals surface area contributed by atoms with Gasteiger partial charge < -0.3 is 16.2 Å². The summed E-state index contributed by atoms with van der Waals surface area (Å²) < 4.78 is 5.05. The molecule has 5 heteroatoms. The van der Waals surface area contributed by atoms with Gasteiger partial charge in [-0.1, -0.05) is 49.9 Å². The predicted octanol–water partition coefficient (Wildman–Crippen LogP) is 3.40. The van der Waals surface area contributed by atoms with Gasteiger partial charge in [-0.3, -0.25) is 0 Å². The van der Waals surface area contributed by atoms with Gasteiger partial charge in [0, 0.05) is 11.9 Å². The molecule has 1 heterocycles. The molecule has 2 rings (SSSR count). The summed E-state index contributed by atoms with van der Waals surface area (Å²) in [6.45, 7) is 10.4. The van der Waals surface area contributed by atoms with E-state index in [9.17, 15) is 4.79 Å². The summed E-state index contributed by atoms with van der Waals surface area (Å²) in [6, 6.07) is 10.2. The Morgan fingerprint density at radius 2 is 1.92 bits per heavy atom. The first-order valence-corrected chi connectivity index (χ1v) is 9.12. The normalized spacial score (nSPS) is 17.6. The Morgan fingerprint density at radius 3 is 2.46 bits per heavy atom. The van der Waals surface area contributed by atoms with Crippen molar-refractivity contribution in [2.45, 2.75) is 26.9 Å². The summed E-state index contributed by atoms with van der Waals surface area (Å²) in [6.07, 6.45) is 1.88. The average molecular weight is 349 g/mol. The van der Waals surface area contributed by atoms with Crippen LogP contribution in [-0.2, 0) is 9.53 Å². The molecule has 0 saturated heterocycles. The number of ether oxygens (including phenoxy) is 1. The van der Waals surface area contributed by atoms with Crippen molar-refractivity contribution in [3.63, 3.8) is 0 Å². The molecule has 1 aromatic rings. The van der Waals surface area contributed by atoms with Crippen LogP contribution in [0.15, 0.2) is 47.9 Å². The lowest BCUT2D eigenvalue weighted by atomic mass is 9.85. The molecule has 0 spiro atoms. The lowest BCUT2D eigenvalue weighted by Crippen LogP contribution is -2.25. The van der Waals surface area contributed by atoms with Crippen LogP contribution in [0.3, 0.4) is 0 Å². The van der Waals surface area contributed by atoms with E-state index >= 15 is 0 Å². The number of allylic oxidation sites excluding steroid dienone is 2. The van der Waals surface area contributed by atoms with Crippen molar-refractivity contribution >= 4 is 23.3 Å². The van der Waals surface area contributed by atoms with Crippen molar-refractivity contribution in [3.05, 3.63) is 53.5 Å². The van der Waals surface area contributed by atoms with Crippen LogP contribution in [0.5, 0.6) is 0 Å². The monoisotopic (exact) mass is 348 g/mol. The Kier molecular flexibility index (Phi) is 8.82. The molecule has 0 saturated carbocycles. The zero-order valence-electron chi connectivity index (χ0n) is 14.7. The molecule has 1 aromatic carbocycles. The summed E-state index contributed by atoms with van der Waals surface area (Å²) >= 11 is 1.58. The lowest BCUT2D eigenvalue weighted by molar-refractivity contribution is -0.137. The summed E-state index contributed by atoms with van der Waals surface area (Å²) in [5.41, 5.74) is 12.1. The largest absolute Gasteiger partial charge is 0.462 e. The number of hydrogen-bond donors (Lipinski definition) is 2. The third-order valence-corrected chi connectivity index (χ3v) is 4.78.